The molecule has 0 bridgehead atoms. The Morgan fingerprint density at radius 3 is 2.48 bits per heavy atom. The predicted octanol–water partition coefficient (Wildman–Crippen LogP) is 2.45. The summed E-state index contributed by atoms with van der Waals surface area (Å²) in [7, 11) is 3.39. The SMILES string of the molecule is COCCOCCN1CC=C(c2ccc(OC)cc2)CC1. The first kappa shape index (κ1) is 16.0. The quantitative estimate of drug-likeness (QED) is 0.688. The van der Waals surface area contributed by atoms with E-state index in [9.17, 15) is 0 Å². The highest BCUT2D eigenvalue weighted by atomic mass is 16.5. The summed E-state index contributed by atoms with van der Waals surface area (Å²) in [6.45, 7) is 5.18. The van der Waals surface area contributed by atoms with Crippen LogP contribution in [0.2, 0.25) is 0 Å². The van der Waals surface area contributed by atoms with Crippen LogP contribution in [0, 0.1) is 0 Å². The van der Waals surface area contributed by atoms with E-state index in [2.05, 4.69) is 23.1 Å². The molecule has 116 valence electrons. The molecule has 4 nitrogen and oxygen atoms in total. The first-order valence-corrected chi connectivity index (χ1v) is 7.46. The highest BCUT2D eigenvalue weighted by molar-refractivity contribution is 5.67. The Kier molecular flexibility index (Phi) is 6.73. The summed E-state index contributed by atoms with van der Waals surface area (Å²) in [6, 6.07) is 8.31. The smallest absolute Gasteiger partial charge is 0.118 e. The summed E-state index contributed by atoms with van der Waals surface area (Å²) in [4.78, 5) is 2.42. The van der Waals surface area contributed by atoms with Gasteiger partial charge in [-0.1, -0.05) is 18.2 Å². The van der Waals surface area contributed by atoms with Gasteiger partial charge in [-0.05, 0) is 29.7 Å². The molecule has 0 atom stereocenters. The van der Waals surface area contributed by atoms with Crippen LogP contribution in [0.5, 0.6) is 5.75 Å². The van der Waals surface area contributed by atoms with Crippen LogP contribution in [0.1, 0.15) is 12.0 Å². The minimum absolute atomic E-state index is 0.668. The minimum Gasteiger partial charge on any atom is -0.497 e. The highest BCUT2D eigenvalue weighted by Gasteiger charge is 2.12. The Balaban J connectivity index is 1.76. The number of ether oxygens (including phenoxy) is 3. The van der Waals surface area contributed by atoms with E-state index < -0.39 is 0 Å². The van der Waals surface area contributed by atoms with Crippen molar-refractivity contribution >= 4 is 5.57 Å². The molecular weight excluding hydrogens is 266 g/mol. The van der Waals surface area contributed by atoms with Gasteiger partial charge in [-0.15, -0.1) is 0 Å². The van der Waals surface area contributed by atoms with Crippen molar-refractivity contribution in [2.24, 2.45) is 0 Å². The van der Waals surface area contributed by atoms with Crippen molar-refractivity contribution in [3.63, 3.8) is 0 Å². The molecular formula is C17H25NO3. The van der Waals surface area contributed by atoms with Crippen LogP contribution in [0.3, 0.4) is 0 Å². The highest BCUT2D eigenvalue weighted by Crippen LogP contribution is 2.24. The average Bonchev–Trinajstić information content (AvgIpc) is 2.55. The van der Waals surface area contributed by atoms with Gasteiger partial charge in [-0.2, -0.15) is 0 Å². The van der Waals surface area contributed by atoms with Gasteiger partial charge in [0.1, 0.15) is 5.75 Å². The summed E-state index contributed by atoms with van der Waals surface area (Å²) >= 11 is 0. The van der Waals surface area contributed by atoms with Gasteiger partial charge in [0.25, 0.3) is 0 Å². The predicted molar refractivity (Wildman–Crippen MR) is 84.7 cm³/mol. The largest absolute Gasteiger partial charge is 0.497 e. The summed E-state index contributed by atoms with van der Waals surface area (Å²) in [5, 5.41) is 0. The molecule has 0 saturated heterocycles. The standard InChI is InChI=1S/C17H25NO3/c1-19-13-14-21-12-11-18-9-7-16(8-10-18)15-3-5-17(20-2)6-4-15/h3-7H,8-14H2,1-2H3. The van der Waals surface area contributed by atoms with Crippen molar-refractivity contribution in [3.05, 3.63) is 35.9 Å². The number of rotatable bonds is 8. The molecule has 1 heterocycles. The van der Waals surface area contributed by atoms with Gasteiger partial charge in [0.15, 0.2) is 0 Å². The molecule has 0 fully saturated rings. The number of hydrogen-bond acceptors (Lipinski definition) is 4. The van der Waals surface area contributed by atoms with Gasteiger partial charge in [0.05, 0.1) is 26.9 Å². The van der Waals surface area contributed by atoms with Gasteiger partial charge in [0, 0.05) is 26.7 Å². The Morgan fingerprint density at radius 1 is 1.05 bits per heavy atom. The van der Waals surface area contributed by atoms with Gasteiger partial charge < -0.3 is 14.2 Å². The van der Waals surface area contributed by atoms with Crippen LogP contribution in [0.4, 0.5) is 0 Å². The van der Waals surface area contributed by atoms with Crippen molar-refractivity contribution in [1.29, 1.82) is 0 Å². The molecule has 1 aromatic carbocycles. The third-order valence-electron chi connectivity index (χ3n) is 3.74. The molecule has 4 heteroatoms. The van der Waals surface area contributed by atoms with Gasteiger partial charge >= 0.3 is 0 Å². The van der Waals surface area contributed by atoms with E-state index in [1.807, 2.05) is 12.1 Å². The van der Waals surface area contributed by atoms with Crippen LogP contribution < -0.4 is 4.74 Å². The van der Waals surface area contributed by atoms with Crippen molar-refractivity contribution in [2.45, 2.75) is 6.42 Å². The summed E-state index contributed by atoms with van der Waals surface area (Å²) in [5.74, 6) is 0.907. The van der Waals surface area contributed by atoms with Crippen LogP contribution in [0.25, 0.3) is 5.57 Å². The lowest BCUT2D eigenvalue weighted by molar-refractivity contribution is 0.0586. The topological polar surface area (TPSA) is 30.9 Å². The molecule has 21 heavy (non-hydrogen) atoms. The normalized spacial score (nSPS) is 15.8. The Bertz CT molecular complexity index is 442. The van der Waals surface area contributed by atoms with Crippen molar-refractivity contribution in [2.75, 3.05) is 53.7 Å². The Morgan fingerprint density at radius 2 is 1.86 bits per heavy atom. The van der Waals surface area contributed by atoms with Crippen molar-refractivity contribution in [3.8, 4) is 5.75 Å². The lowest BCUT2D eigenvalue weighted by Gasteiger charge is -2.26. The summed E-state index contributed by atoms with van der Waals surface area (Å²) in [6.07, 6.45) is 3.41. The molecule has 2 rings (SSSR count). The van der Waals surface area contributed by atoms with Crippen molar-refractivity contribution < 1.29 is 14.2 Å². The second kappa shape index (κ2) is 8.82. The fourth-order valence-electron chi connectivity index (χ4n) is 2.42. The Hall–Kier alpha value is -1.36. The maximum absolute atomic E-state index is 5.51. The molecule has 0 radical (unpaired) electrons. The lowest BCUT2D eigenvalue weighted by Crippen LogP contribution is -2.32. The van der Waals surface area contributed by atoms with Crippen molar-refractivity contribution in [1.82, 2.24) is 4.90 Å². The zero-order valence-corrected chi connectivity index (χ0v) is 13.0. The average molecular weight is 291 g/mol. The van der Waals surface area contributed by atoms with Crippen LogP contribution in [-0.4, -0.2) is 58.6 Å². The molecule has 1 aliphatic rings. The minimum atomic E-state index is 0.668. The fourth-order valence-corrected chi connectivity index (χ4v) is 2.42. The van der Waals surface area contributed by atoms with Gasteiger partial charge in [-0.25, -0.2) is 0 Å². The van der Waals surface area contributed by atoms with Crippen LogP contribution in [0.15, 0.2) is 30.3 Å². The van der Waals surface area contributed by atoms with E-state index in [-0.39, 0.29) is 0 Å². The lowest BCUT2D eigenvalue weighted by atomic mass is 9.99. The first-order valence-electron chi connectivity index (χ1n) is 7.46. The van der Waals surface area contributed by atoms with E-state index in [0.717, 1.165) is 38.4 Å². The van der Waals surface area contributed by atoms with E-state index in [0.29, 0.717) is 13.2 Å². The van der Waals surface area contributed by atoms with Gasteiger partial charge in [-0.3, -0.25) is 4.90 Å². The molecule has 0 amide bonds. The second-order valence-electron chi connectivity index (χ2n) is 5.11. The summed E-state index contributed by atoms with van der Waals surface area (Å²) in [5.41, 5.74) is 2.72. The number of hydrogen-bond donors (Lipinski definition) is 0. The first-order chi connectivity index (χ1) is 10.3. The summed E-state index contributed by atoms with van der Waals surface area (Å²) < 4.78 is 15.7. The molecule has 0 aliphatic carbocycles. The molecule has 0 aromatic heterocycles. The zero-order chi connectivity index (χ0) is 14.9. The number of nitrogens with zero attached hydrogens (tertiary/aromatic N) is 1. The molecule has 0 saturated carbocycles. The van der Waals surface area contributed by atoms with Crippen LogP contribution >= 0.6 is 0 Å². The maximum atomic E-state index is 5.51. The van der Waals surface area contributed by atoms with Gasteiger partial charge in [0.2, 0.25) is 0 Å². The molecule has 1 aromatic rings. The van der Waals surface area contributed by atoms with E-state index in [1.165, 1.54) is 11.1 Å². The molecule has 0 spiro atoms. The number of benzene rings is 1. The molecule has 0 unspecified atom stereocenters. The van der Waals surface area contributed by atoms with E-state index in [4.69, 9.17) is 14.2 Å². The number of methoxy groups -OCH3 is 2. The third kappa shape index (κ3) is 5.16. The molecule has 1 aliphatic heterocycles. The molecule has 0 N–H and O–H groups in total. The zero-order valence-electron chi connectivity index (χ0n) is 13.0. The maximum Gasteiger partial charge on any atom is 0.118 e. The third-order valence-corrected chi connectivity index (χ3v) is 3.74. The van der Waals surface area contributed by atoms with E-state index >= 15 is 0 Å². The fraction of sp³-hybridized carbons (Fsp3) is 0.529. The monoisotopic (exact) mass is 291 g/mol. The van der Waals surface area contributed by atoms with E-state index in [1.54, 1.807) is 14.2 Å². The Labute approximate surface area is 127 Å². The van der Waals surface area contributed by atoms with Crippen LogP contribution in [-0.2, 0) is 9.47 Å². The second-order valence-corrected chi connectivity index (χ2v) is 5.11.